The zero-order chi connectivity index (χ0) is 26.2. The van der Waals surface area contributed by atoms with Crippen molar-refractivity contribution < 1.29 is 37.0 Å². The van der Waals surface area contributed by atoms with E-state index < -0.39 is 35.7 Å². The average molecular weight is 512 g/mol. The molecule has 1 aromatic heterocycles. The summed E-state index contributed by atoms with van der Waals surface area (Å²) < 4.78 is 46.4. The largest absolute Gasteiger partial charge is 0.573 e. The van der Waals surface area contributed by atoms with E-state index in [4.69, 9.17) is 4.74 Å². The number of para-hydroxylation sites is 1. The van der Waals surface area contributed by atoms with Gasteiger partial charge in [-0.05, 0) is 66.9 Å². The van der Waals surface area contributed by atoms with Crippen LogP contribution in [0.25, 0.3) is 0 Å². The van der Waals surface area contributed by atoms with Crippen LogP contribution >= 0.6 is 0 Å². The molecule has 3 aromatic rings. The fourth-order valence-corrected chi connectivity index (χ4v) is 4.11. The molecule has 2 aromatic carbocycles. The lowest BCUT2D eigenvalue weighted by Crippen LogP contribution is -2.36. The van der Waals surface area contributed by atoms with E-state index in [1.807, 2.05) is 0 Å². The third-order valence-corrected chi connectivity index (χ3v) is 5.94. The Hall–Kier alpha value is -4.61. The number of carbonyl (C=O) groups excluding carboxylic acids is 3. The van der Waals surface area contributed by atoms with Gasteiger partial charge in [0, 0.05) is 12.7 Å². The molecule has 1 spiro atoms. The summed E-state index contributed by atoms with van der Waals surface area (Å²) in [6, 6.07) is 15.6. The molecule has 0 bridgehead atoms. The van der Waals surface area contributed by atoms with Gasteiger partial charge in [0.2, 0.25) is 0 Å². The first kappa shape index (κ1) is 24.1. The number of aromatic nitrogens is 1. The van der Waals surface area contributed by atoms with E-state index >= 15 is 0 Å². The van der Waals surface area contributed by atoms with Gasteiger partial charge >= 0.3 is 18.5 Å². The number of carbonyl (C=O) groups is 3. The van der Waals surface area contributed by atoms with Gasteiger partial charge in [-0.15, -0.1) is 13.2 Å². The first-order chi connectivity index (χ1) is 17.6. The number of rotatable bonds is 6. The summed E-state index contributed by atoms with van der Waals surface area (Å²) in [5.41, 5.74) is -0.270. The maximum absolute atomic E-state index is 13.3. The van der Waals surface area contributed by atoms with Gasteiger partial charge in [-0.1, -0.05) is 18.2 Å². The summed E-state index contributed by atoms with van der Waals surface area (Å²) in [6.45, 7) is 0.0568. The summed E-state index contributed by atoms with van der Waals surface area (Å²) in [5.74, 6) is -0.360. The first-order valence-corrected chi connectivity index (χ1v) is 11.2. The molecule has 1 saturated carbocycles. The van der Waals surface area contributed by atoms with Crippen molar-refractivity contribution in [3.05, 3.63) is 78.5 Å². The minimum Gasteiger partial charge on any atom is -0.410 e. The predicted octanol–water partition coefficient (Wildman–Crippen LogP) is 5.09. The third-order valence-electron chi connectivity index (χ3n) is 5.94. The van der Waals surface area contributed by atoms with E-state index in [0.29, 0.717) is 24.2 Å². The van der Waals surface area contributed by atoms with Gasteiger partial charge in [-0.3, -0.25) is 10.1 Å². The highest BCUT2D eigenvalue weighted by molar-refractivity contribution is 6.24. The molecule has 1 aliphatic carbocycles. The van der Waals surface area contributed by atoms with Crippen LogP contribution in [0.2, 0.25) is 0 Å². The number of pyridine rings is 1. The molecule has 0 unspecified atom stereocenters. The molecule has 0 radical (unpaired) electrons. The van der Waals surface area contributed by atoms with Crippen molar-refractivity contribution in [2.45, 2.75) is 31.3 Å². The second kappa shape index (κ2) is 9.12. The minimum atomic E-state index is -4.85. The number of amides is 4. The quantitative estimate of drug-likeness (QED) is 0.462. The number of imide groups is 1. The van der Waals surface area contributed by atoms with E-state index in [2.05, 4.69) is 15.0 Å². The Morgan fingerprint density at radius 3 is 2.35 bits per heavy atom. The smallest absolute Gasteiger partial charge is 0.410 e. The van der Waals surface area contributed by atoms with Gasteiger partial charge in [0.05, 0.1) is 5.69 Å². The molecule has 0 atom stereocenters. The van der Waals surface area contributed by atoms with Gasteiger partial charge in [0.1, 0.15) is 22.9 Å². The molecule has 2 fully saturated rings. The lowest BCUT2D eigenvalue weighted by atomic mass is 10.2. The summed E-state index contributed by atoms with van der Waals surface area (Å²) in [4.78, 5) is 45.1. The number of anilines is 2. The zero-order valence-electron chi connectivity index (χ0n) is 19.1. The van der Waals surface area contributed by atoms with Crippen LogP contribution in [0.15, 0.2) is 72.9 Å². The van der Waals surface area contributed by atoms with Gasteiger partial charge in [0.15, 0.2) is 0 Å². The fraction of sp³-hybridized carbons (Fsp3) is 0.200. The first-order valence-electron chi connectivity index (χ1n) is 11.2. The van der Waals surface area contributed by atoms with E-state index in [1.54, 1.807) is 42.5 Å². The molecule has 9 nitrogen and oxygen atoms in total. The number of benzene rings is 2. The number of halogens is 3. The highest BCUT2D eigenvalue weighted by Crippen LogP contribution is 2.49. The lowest BCUT2D eigenvalue weighted by molar-refractivity contribution is -0.274. The maximum Gasteiger partial charge on any atom is 0.573 e. The number of nitrogens with one attached hydrogen (secondary N) is 1. The van der Waals surface area contributed by atoms with Crippen molar-refractivity contribution in [2.24, 2.45) is 0 Å². The fourth-order valence-electron chi connectivity index (χ4n) is 4.11. The number of nitrogens with zero attached hydrogens (tertiary/aromatic N) is 3. The van der Waals surface area contributed by atoms with Gasteiger partial charge in [-0.25, -0.2) is 19.5 Å². The van der Waals surface area contributed by atoms with E-state index in [-0.39, 0.29) is 18.1 Å². The van der Waals surface area contributed by atoms with E-state index in [0.717, 1.165) is 17.0 Å². The molecule has 4 amide bonds. The summed E-state index contributed by atoms with van der Waals surface area (Å²) >= 11 is 0. The summed E-state index contributed by atoms with van der Waals surface area (Å²) in [7, 11) is 0. The highest BCUT2D eigenvalue weighted by atomic mass is 19.4. The monoisotopic (exact) mass is 512 g/mol. The highest BCUT2D eigenvalue weighted by Gasteiger charge is 2.65. The molecule has 37 heavy (non-hydrogen) atoms. The number of hydrogen-bond acceptors (Lipinski definition) is 6. The number of ether oxygens (including phenoxy) is 2. The van der Waals surface area contributed by atoms with Crippen molar-refractivity contribution >= 4 is 29.5 Å². The normalized spacial score (nSPS) is 16.2. The predicted molar refractivity (Wildman–Crippen MR) is 124 cm³/mol. The molecule has 12 heteroatoms. The van der Waals surface area contributed by atoms with Crippen LogP contribution in [0.1, 0.15) is 18.4 Å². The summed E-state index contributed by atoms with van der Waals surface area (Å²) in [6.07, 6.45) is -3.23. The van der Waals surface area contributed by atoms with Crippen LogP contribution in [0, 0.1) is 0 Å². The Bertz CT molecular complexity index is 1340. The van der Waals surface area contributed by atoms with E-state index in [1.165, 1.54) is 23.2 Å². The van der Waals surface area contributed by atoms with Crippen molar-refractivity contribution in [2.75, 3.05) is 10.2 Å². The topological polar surface area (TPSA) is 101 Å². The number of hydrogen-bond donors (Lipinski definition) is 1. The zero-order valence-corrected chi connectivity index (χ0v) is 19.1. The molecule has 2 heterocycles. The molecule has 1 N–H and O–H groups in total. The standard InChI is InChI=1S/C25H19F3N4O5/c26-25(27,28)37-19-8-6-17(7-9-19)32-21(33)24(11-12-24)31(23(32)35)15-16-10-13-29-20(14-16)30-22(34)36-18-4-2-1-3-5-18/h1-10,13-14H,11-12,15H2,(H,29,30,34). The number of alkyl halides is 3. The molecule has 190 valence electrons. The molecule has 1 aliphatic heterocycles. The van der Waals surface area contributed by atoms with Crippen molar-refractivity contribution in [3.8, 4) is 11.5 Å². The molecule has 1 saturated heterocycles. The Balaban J connectivity index is 1.30. The number of urea groups is 1. The van der Waals surface area contributed by atoms with Gasteiger partial charge < -0.3 is 14.4 Å². The van der Waals surface area contributed by atoms with Gasteiger partial charge in [0.25, 0.3) is 5.91 Å². The second-order valence-corrected chi connectivity index (χ2v) is 8.46. The Morgan fingerprint density at radius 1 is 1.00 bits per heavy atom. The van der Waals surface area contributed by atoms with Crippen LogP contribution in [-0.4, -0.2) is 39.8 Å². The van der Waals surface area contributed by atoms with Gasteiger partial charge in [-0.2, -0.15) is 0 Å². The van der Waals surface area contributed by atoms with Crippen molar-refractivity contribution in [1.82, 2.24) is 9.88 Å². The maximum atomic E-state index is 13.3. The lowest BCUT2D eigenvalue weighted by Gasteiger charge is -2.21. The second-order valence-electron chi connectivity index (χ2n) is 8.46. The third kappa shape index (κ3) is 5.03. The molecular weight excluding hydrogens is 493 g/mol. The van der Waals surface area contributed by atoms with Crippen molar-refractivity contribution in [3.63, 3.8) is 0 Å². The molecule has 2 aliphatic rings. The van der Waals surface area contributed by atoms with Crippen LogP contribution < -0.4 is 19.7 Å². The Morgan fingerprint density at radius 2 is 1.70 bits per heavy atom. The molecule has 5 rings (SSSR count). The van der Waals surface area contributed by atoms with Crippen LogP contribution in [0.3, 0.4) is 0 Å². The summed E-state index contributed by atoms with van der Waals surface area (Å²) in [5, 5.41) is 2.52. The minimum absolute atomic E-state index is 0.0568. The van der Waals surface area contributed by atoms with Crippen molar-refractivity contribution in [1.29, 1.82) is 0 Å². The average Bonchev–Trinajstić information content (AvgIpc) is 3.62. The van der Waals surface area contributed by atoms with Crippen LogP contribution in [0.5, 0.6) is 11.5 Å². The molecular formula is C25H19F3N4O5. The van der Waals surface area contributed by atoms with E-state index in [9.17, 15) is 27.6 Å². The SMILES string of the molecule is O=C(Nc1cc(CN2C(=O)N(c3ccc(OC(F)(F)F)cc3)C(=O)C23CC3)ccn1)Oc1ccccc1. The Kier molecular flexibility index (Phi) is 5.94. The van der Waals surface area contributed by atoms with Crippen LogP contribution in [-0.2, 0) is 11.3 Å². The Labute approximate surface area is 208 Å². The van der Waals surface area contributed by atoms with Crippen LogP contribution in [0.4, 0.5) is 34.3 Å².